The average molecular weight is 358 g/mol. The zero-order valence-corrected chi connectivity index (χ0v) is 15.0. The van der Waals surface area contributed by atoms with Gasteiger partial charge in [0, 0.05) is 11.9 Å². The van der Waals surface area contributed by atoms with Crippen molar-refractivity contribution >= 4 is 56.0 Å². The first-order chi connectivity index (χ1) is 11.4. The van der Waals surface area contributed by atoms with Crippen LogP contribution in [-0.4, -0.2) is 20.8 Å². The highest BCUT2D eigenvalue weighted by molar-refractivity contribution is 7.98. The molecule has 4 rings (SSSR count). The summed E-state index contributed by atoms with van der Waals surface area (Å²) in [5, 5.41) is 4.47. The maximum Gasteiger partial charge on any atom is 0.170 e. The van der Waals surface area contributed by atoms with Gasteiger partial charge in [-0.3, -0.25) is 4.98 Å². The molecule has 0 N–H and O–H groups in total. The van der Waals surface area contributed by atoms with Crippen LogP contribution in [0.3, 0.4) is 0 Å². The topological polar surface area (TPSA) is 30.7 Å². The molecule has 6 heteroatoms. The lowest BCUT2D eigenvalue weighted by atomic mass is 10.3. The number of rotatable bonds is 5. The van der Waals surface area contributed by atoms with Gasteiger partial charge in [0.15, 0.2) is 5.16 Å². The molecule has 0 fully saturated rings. The van der Waals surface area contributed by atoms with E-state index in [0.717, 1.165) is 28.0 Å². The molecule has 0 aliphatic rings. The van der Waals surface area contributed by atoms with Crippen LogP contribution in [0.25, 0.3) is 21.1 Å². The van der Waals surface area contributed by atoms with E-state index in [1.54, 1.807) is 23.1 Å². The zero-order valence-electron chi connectivity index (χ0n) is 12.6. The molecule has 3 aromatic heterocycles. The summed E-state index contributed by atoms with van der Waals surface area (Å²) in [6.45, 7) is 0. The van der Waals surface area contributed by atoms with E-state index < -0.39 is 0 Å². The molecule has 0 aliphatic heterocycles. The minimum absolute atomic E-state index is 0.843. The molecule has 4 aromatic rings. The van der Waals surface area contributed by atoms with E-state index >= 15 is 0 Å². The van der Waals surface area contributed by atoms with Gasteiger partial charge in [-0.15, -0.1) is 23.1 Å². The van der Waals surface area contributed by atoms with Gasteiger partial charge in [-0.25, -0.2) is 4.98 Å². The molecule has 0 amide bonds. The monoisotopic (exact) mass is 357 g/mol. The van der Waals surface area contributed by atoms with Crippen LogP contribution >= 0.6 is 34.9 Å². The highest BCUT2D eigenvalue weighted by Crippen LogP contribution is 2.31. The summed E-state index contributed by atoms with van der Waals surface area (Å²) in [6.07, 6.45) is 4.02. The van der Waals surface area contributed by atoms with Gasteiger partial charge in [-0.1, -0.05) is 23.9 Å². The number of thiophene rings is 1. The average Bonchev–Trinajstić information content (AvgIpc) is 3.18. The second-order valence-electron chi connectivity index (χ2n) is 5.11. The van der Waals surface area contributed by atoms with Crippen LogP contribution in [0.15, 0.2) is 53.1 Å². The summed E-state index contributed by atoms with van der Waals surface area (Å²) in [6, 6.07) is 12.6. The molecule has 0 unspecified atom stereocenters. The van der Waals surface area contributed by atoms with Crippen molar-refractivity contribution in [1.29, 1.82) is 0 Å². The Labute approximate surface area is 147 Å². The summed E-state index contributed by atoms with van der Waals surface area (Å²) in [5.74, 6) is 1.76. The molecular weight excluding hydrogens is 342 g/mol. The number of hydrogen-bond acceptors (Lipinski definition) is 5. The molecular formula is C17H15N3S3. The summed E-state index contributed by atoms with van der Waals surface area (Å²) < 4.78 is 3.58. The van der Waals surface area contributed by atoms with Gasteiger partial charge in [0.1, 0.15) is 0 Å². The molecule has 0 saturated heterocycles. The molecule has 3 heterocycles. The second-order valence-corrected chi connectivity index (χ2v) is 7.81. The molecule has 0 spiro atoms. The lowest BCUT2D eigenvalue weighted by Crippen LogP contribution is -1.97. The fraction of sp³-hybridized carbons (Fsp3) is 0.176. The lowest BCUT2D eigenvalue weighted by Gasteiger charge is -2.07. The Morgan fingerprint density at radius 1 is 1.17 bits per heavy atom. The van der Waals surface area contributed by atoms with Crippen molar-refractivity contribution in [3.8, 4) is 0 Å². The van der Waals surface area contributed by atoms with Gasteiger partial charge >= 0.3 is 0 Å². The highest BCUT2D eigenvalue weighted by atomic mass is 32.2. The third-order valence-corrected chi connectivity index (χ3v) is 6.14. The van der Waals surface area contributed by atoms with Crippen LogP contribution < -0.4 is 0 Å². The van der Waals surface area contributed by atoms with Crippen molar-refractivity contribution < 1.29 is 0 Å². The van der Waals surface area contributed by atoms with Crippen LogP contribution in [-0.2, 0) is 11.6 Å². The van der Waals surface area contributed by atoms with Gasteiger partial charge in [0.05, 0.1) is 27.3 Å². The Kier molecular flexibility index (Phi) is 4.29. The van der Waals surface area contributed by atoms with E-state index in [0.29, 0.717) is 0 Å². The van der Waals surface area contributed by atoms with Crippen molar-refractivity contribution in [2.24, 2.45) is 0 Å². The van der Waals surface area contributed by atoms with Crippen LogP contribution in [0, 0.1) is 0 Å². The molecule has 116 valence electrons. The minimum atomic E-state index is 0.843. The van der Waals surface area contributed by atoms with E-state index in [4.69, 9.17) is 4.98 Å². The van der Waals surface area contributed by atoms with Crippen molar-refractivity contribution in [1.82, 2.24) is 14.5 Å². The molecule has 0 aliphatic carbocycles. The van der Waals surface area contributed by atoms with E-state index in [-0.39, 0.29) is 0 Å². The number of fused-ring (bicyclic) bond motifs is 2. The van der Waals surface area contributed by atoms with Crippen molar-refractivity contribution in [2.45, 2.75) is 16.8 Å². The molecule has 23 heavy (non-hydrogen) atoms. The van der Waals surface area contributed by atoms with Gasteiger partial charge in [0.2, 0.25) is 0 Å². The number of aromatic nitrogens is 3. The first-order valence-electron chi connectivity index (χ1n) is 7.25. The van der Waals surface area contributed by atoms with E-state index in [2.05, 4.69) is 51.5 Å². The van der Waals surface area contributed by atoms with Gasteiger partial charge < -0.3 is 4.57 Å². The second kappa shape index (κ2) is 6.55. The third kappa shape index (κ3) is 2.86. The summed E-state index contributed by atoms with van der Waals surface area (Å²) in [5.41, 5.74) is 3.41. The van der Waals surface area contributed by atoms with Crippen molar-refractivity contribution in [2.75, 3.05) is 6.26 Å². The van der Waals surface area contributed by atoms with Crippen LogP contribution in [0.2, 0.25) is 0 Å². The summed E-state index contributed by atoms with van der Waals surface area (Å²) in [4.78, 5) is 9.37. The SMILES string of the molecule is CSCn1c(SCc2nccc3ccsc23)nc2ccccc21. The standard InChI is InChI=1S/C17H15N3S3/c1-21-11-20-15-5-3-2-4-13(15)19-17(20)23-10-14-16-12(6-8-18-14)7-9-22-16/h2-9H,10-11H2,1H3. The lowest BCUT2D eigenvalue weighted by molar-refractivity contribution is 0.799. The summed E-state index contributed by atoms with van der Waals surface area (Å²) >= 11 is 5.34. The van der Waals surface area contributed by atoms with Gasteiger partial charge in [-0.05, 0) is 41.3 Å². The molecule has 0 saturated carbocycles. The van der Waals surface area contributed by atoms with Gasteiger partial charge in [0.25, 0.3) is 0 Å². The van der Waals surface area contributed by atoms with Crippen molar-refractivity contribution in [3.63, 3.8) is 0 Å². The third-order valence-electron chi connectivity index (χ3n) is 3.66. The Hall–Kier alpha value is -1.50. The van der Waals surface area contributed by atoms with E-state index in [9.17, 15) is 0 Å². The van der Waals surface area contributed by atoms with Crippen LogP contribution in [0.4, 0.5) is 0 Å². The molecule has 0 bridgehead atoms. The Balaban J connectivity index is 1.67. The predicted molar refractivity (Wildman–Crippen MR) is 102 cm³/mol. The molecule has 0 radical (unpaired) electrons. The Bertz CT molecular complexity index is 958. The fourth-order valence-electron chi connectivity index (χ4n) is 2.60. The normalized spacial score (nSPS) is 11.5. The number of imidazole rings is 1. The van der Waals surface area contributed by atoms with Crippen LogP contribution in [0.1, 0.15) is 5.69 Å². The number of nitrogens with zero attached hydrogens (tertiary/aromatic N) is 3. The first kappa shape index (κ1) is 15.1. The molecule has 0 atom stereocenters. The number of hydrogen-bond donors (Lipinski definition) is 0. The maximum absolute atomic E-state index is 4.80. The highest BCUT2D eigenvalue weighted by Gasteiger charge is 2.12. The summed E-state index contributed by atoms with van der Waals surface area (Å²) in [7, 11) is 0. The van der Waals surface area contributed by atoms with Crippen LogP contribution in [0.5, 0.6) is 0 Å². The number of benzene rings is 1. The first-order valence-corrected chi connectivity index (χ1v) is 10.5. The Morgan fingerprint density at radius 2 is 2.09 bits per heavy atom. The minimum Gasteiger partial charge on any atom is -0.309 e. The zero-order chi connectivity index (χ0) is 15.6. The molecule has 3 nitrogen and oxygen atoms in total. The van der Waals surface area contributed by atoms with Gasteiger partial charge in [-0.2, -0.15) is 0 Å². The quantitative estimate of drug-likeness (QED) is 0.456. The van der Waals surface area contributed by atoms with E-state index in [1.807, 2.05) is 24.0 Å². The fourth-order valence-corrected chi connectivity index (χ4v) is 5.15. The van der Waals surface area contributed by atoms with Crippen molar-refractivity contribution in [3.05, 3.63) is 53.7 Å². The smallest absolute Gasteiger partial charge is 0.170 e. The Morgan fingerprint density at radius 3 is 3.00 bits per heavy atom. The number of thioether (sulfide) groups is 2. The number of para-hydroxylation sites is 2. The van der Waals surface area contributed by atoms with E-state index in [1.165, 1.54) is 15.6 Å². The number of pyridine rings is 1. The maximum atomic E-state index is 4.80. The predicted octanol–water partition coefficient (Wildman–Crippen LogP) is 5.26. The largest absolute Gasteiger partial charge is 0.309 e. The molecule has 1 aromatic carbocycles.